The van der Waals surface area contributed by atoms with Crippen molar-refractivity contribution >= 4 is 11.7 Å². The fourth-order valence-electron chi connectivity index (χ4n) is 1.55. The molecule has 0 aliphatic carbocycles. The molecule has 0 atom stereocenters. The van der Waals surface area contributed by atoms with Gasteiger partial charge in [-0.1, -0.05) is 0 Å². The molecule has 0 saturated carbocycles. The maximum atomic E-state index is 11.9. The Kier molecular flexibility index (Phi) is 3.22. The third kappa shape index (κ3) is 2.62. The van der Waals surface area contributed by atoms with Crippen molar-refractivity contribution in [2.45, 2.75) is 13.5 Å². The fourth-order valence-corrected chi connectivity index (χ4v) is 1.55. The van der Waals surface area contributed by atoms with Gasteiger partial charge in [-0.2, -0.15) is 0 Å². The smallest absolute Gasteiger partial charge is 0.251 e. The van der Waals surface area contributed by atoms with Crippen molar-refractivity contribution in [3.8, 4) is 0 Å². The number of anilines is 1. The number of pyridine rings is 1. The van der Waals surface area contributed by atoms with Gasteiger partial charge in [0, 0.05) is 18.3 Å². The van der Waals surface area contributed by atoms with Crippen molar-refractivity contribution < 1.29 is 4.79 Å². The summed E-state index contributed by atoms with van der Waals surface area (Å²) in [6.45, 7) is 2.10. The molecule has 1 amide bonds. The first kappa shape index (κ1) is 12.0. The molecule has 7 heteroatoms. The second kappa shape index (κ2) is 4.82. The normalized spacial score (nSPS) is 10.3. The minimum atomic E-state index is -0.213. The van der Waals surface area contributed by atoms with Crippen LogP contribution in [0.5, 0.6) is 0 Å². The van der Waals surface area contributed by atoms with Crippen LogP contribution >= 0.6 is 0 Å². The van der Waals surface area contributed by atoms with Crippen molar-refractivity contribution in [1.82, 2.24) is 25.1 Å². The maximum Gasteiger partial charge on any atom is 0.251 e. The van der Waals surface area contributed by atoms with Crippen LogP contribution in [0.2, 0.25) is 0 Å². The largest absolute Gasteiger partial charge is 0.384 e. The molecular weight excluding hydrogens is 232 g/mol. The number of nitrogen functional groups attached to an aromatic ring is 1. The lowest BCUT2D eigenvalue weighted by Crippen LogP contribution is -2.24. The standard InChI is InChI=1S/C11H14N6O/c1-7-3-8(4-9(12)15-7)11(18)13-5-10-16-14-6-17(10)2/h3-4,6H,5H2,1-2H3,(H2,12,15)(H,13,18). The lowest BCUT2D eigenvalue weighted by atomic mass is 10.2. The van der Waals surface area contributed by atoms with E-state index in [1.807, 2.05) is 7.05 Å². The Morgan fingerprint density at radius 1 is 1.50 bits per heavy atom. The summed E-state index contributed by atoms with van der Waals surface area (Å²) >= 11 is 0. The number of rotatable bonds is 3. The molecule has 0 aliphatic heterocycles. The van der Waals surface area contributed by atoms with Gasteiger partial charge >= 0.3 is 0 Å². The predicted octanol–water partition coefficient (Wildman–Crippen LogP) is 0.0307. The van der Waals surface area contributed by atoms with Gasteiger partial charge < -0.3 is 15.6 Å². The molecule has 2 heterocycles. The number of carbonyl (C=O) groups excluding carboxylic acids is 1. The topological polar surface area (TPSA) is 98.7 Å². The molecule has 7 nitrogen and oxygen atoms in total. The number of hydrogen-bond acceptors (Lipinski definition) is 5. The lowest BCUT2D eigenvalue weighted by molar-refractivity contribution is 0.0949. The van der Waals surface area contributed by atoms with Crippen LogP contribution in [0.25, 0.3) is 0 Å². The van der Waals surface area contributed by atoms with Gasteiger partial charge in [-0.3, -0.25) is 4.79 Å². The number of hydrogen-bond donors (Lipinski definition) is 2. The molecule has 18 heavy (non-hydrogen) atoms. The third-order valence-corrected chi connectivity index (χ3v) is 2.45. The first-order valence-corrected chi connectivity index (χ1v) is 5.41. The van der Waals surface area contributed by atoms with Gasteiger partial charge in [0.1, 0.15) is 12.1 Å². The number of nitrogens with two attached hydrogens (primary N) is 1. The molecule has 2 rings (SSSR count). The highest BCUT2D eigenvalue weighted by Gasteiger charge is 2.09. The van der Waals surface area contributed by atoms with Gasteiger partial charge in [0.05, 0.1) is 6.54 Å². The van der Waals surface area contributed by atoms with Gasteiger partial charge in [-0.05, 0) is 19.1 Å². The number of amides is 1. The molecule has 0 saturated heterocycles. The first-order valence-electron chi connectivity index (χ1n) is 5.41. The zero-order valence-electron chi connectivity index (χ0n) is 10.2. The molecule has 0 unspecified atom stereocenters. The Morgan fingerprint density at radius 3 is 2.89 bits per heavy atom. The van der Waals surface area contributed by atoms with E-state index >= 15 is 0 Å². The molecule has 0 bridgehead atoms. The van der Waals surface area contributed by atoms with Crippen LogP contribution in [-0.4, -0.2) is 25.7 Å². The summed E-state index contributed by atoms with van der Waals surface area (Å²) in [7, 11) is 1.82. The summed E-state index contributed by atoms with van der Waals surface area (Å²) in [6.07, 6.45) is 1.58. The van der Waals surface area contributed by atoms with Crippen LogP contribution in [-0.2, 0) is 13.6 Å². The summed E-state index contributed by atoms with van der Waals surface area (Å²) in [5, 5.41) is 10.4. The van der Waals surface area contributed by atoms with E-state index in [0.717, 1.165) is 0 Å². The quantitative estimate of drug-likeness (QED) is 0.796. The average molecular weight is 246 g/mol. The van der Waals surface area contributed by atoms with Crippen LogP contribution in [0.15, 0.2) is 18.5 Å². The Hall–Kier alpha value is -2.44. The summed E-state index contributed by atoms with van der Waals surface area (Å²) < 4.78 is 1.74. The zero-order valence-corrected chi connectivity index (χ0v) is 10.2. The van der Waals surface area contributed by atoms with Gasteiger partial charge in [-0.15, -0.1) is 10.2 Å². The summed E-state index contributed by atoms with van der Waals surface area (Å²) in [4.78, 5) is 15.9. The number of aryl methyl sites for hydroxylation is 2. The number of carbonyl (C=O) groups is 1. The van der Waals surface area contributed by atoms with Crippen molar-refractivity contribution in [3.05, 3.63) is 35.5 Å². The van der Waals surface area contributed by atoms with Crippen molar-refractivity contribution in [3.63, 3.8) is 0 Å². The number of nitrogens with zero attached hydrogens (tertiary/aromatic N) is 4. The van der Waals surface area contributed by atoms with Crippen molar-refractivity contribution in [1.29, 1.82) is 0 Å². The minimum Gasteiger partial charge on any atom is -0.384 e. The molecule has 2 aromatic rings. The third-order valence-electron chi connectivity index (χ3n) is 2.45. The van der Waals surface area contributed by atoms with Crippen LogP contribution in [0.1, 0.15) is 21.9 Å². The van der Waals surface area contributed by atoms with E-state index in [2.05, 4.69) is 20.5 Å². The zero-order chi connectivity index (χ0) is 13.1. The highest BCUT2D eigenvalue weighted by atomic mass is 16.1. The second-order valence-corrected chi connectivity index (χ2v) is 3.96. The molecule has 0 fully saturated rings. The Labute approximate surface area is 104 Å². The summed E-state index contributed by atoms with van der Waals surface area (Å²) in [6, 6.07) is 3.22. The number of nitrogens with one attached hydrogen (secondary N) is 1. The molecule has 0 radical (unpaired) electrons. The molecule has 94 valence electrons. The van der Waals surface area contributed by atoms with Crippen molar-refractivity contribution in [2.24, 2.45) is 7.05 Å². The van der Waals surface area contributed by atoms with Crippen molar-refractivity contribution in [2.75, 3.05) is 5.73 Å². The average Bonchev–Trinajstić information content (AvgIpc) is 2.70. The van der Waals surface area contributed by atoms with Gasteiger partial charge in [0.2, 0.25) is 0 Å². The predicted molar refractivity (Wildman–Crippen MR) is 65.6 cm³/mol. The van der Waals surface area contributed by atoms with E-state index in [1.165, 1.54) is 0 Å². The van der Waals surface area contributed by atoms with E-state index in [-0.39, 0.29) is 5.91 Å². The van der Waals surface area contributed by atoms with Gasteiger partial charge in [-0.25, -0.2) is 4.98 Å². The molecule has 0 spiro atoms. The molecule has 0 aliphatic rings. The van der Waals surface area contributed by atoms with E-state index in [1.54, 1.807) is 30.0 Å². The van der Waals surface area contributed by atoms with Gasteiger partial charge in [0.15, 0.2) is 5.82 Å². The second-order valence-electron chi connectivity index (χ2n) is 3.96. The molecular formula is C11H14N6O. The van der Waals surface area contributed by atoms with Crippen LogP contribution in [0.3, 0.4) is 0 Å². The minimum absolute atomic E-state index is 0.213. The SMILES string of the molecule is Cc1cc(C(=O)NCc2nncn2C)cc(N)n1. The maximum absolute atomic E-state index is 11.9. The lowest BCUT2D eigenvalue weighted by Gasteiger charge is -2.06. The van der Waals surface area contributed by atoms with E-state index in [4.69, 9.17) is 5.73 Å². The Bertz CT molecular complexity index is 556. The molecule has 2 aromatic heterocycles. The Morgan fingerprint density at radius 2 is 2.28 bits per heavy atom. The van der Waals surface area contributed by atoms with E-state index in [0.29, 0.717) is 29.4 Å². The molecule has 0 aromatic carbocycles. The molecule has 3 N–H and O–H groups in total. The summed E-state index contributed by atoms with van der Waals surface area (Å²) in [5.74, 6) is 0.802. The van der Waals surface area contributed by atoms with E-state index < -0.39 is 0 Å². The van der Waals surface area contributed by atoms with Crippen LogP contribution < -0.4 is 11.1 Å². The monoisotopic (exact) mass is 246 g/mol. The summed E-state index contributed by atoms with van der Waals surface area (Å²) in [5.41, 5.74) is 6.79. The first-order chi connectivity index (χ1) is 8.56. The van der Waals surface area contributed by atoms with Crippen LogP contribution in [0, 0.1) is 6.92 Å². The highest BCUT2D eigenvalue weighted by molar-refractivity contribution is 5.94. The van der Waals surface area contributed by atoms with E-state index in [9.17, 15) is 4.79 Å². The highest BCUT2D eigenvalue weighted by Crippen LogP contribution is 2.07. The number of aromatic nitrogens is 4. The van der Waals surface area contributed by atoms with Gasteiger partial charge in [0.25, 0.3) is 5.91 Å². The fraction of sp³-hybridized carbons (Fsp3) is 0.273. The van der Waals surface area contributed by atoms with Crippen LogP contribution in [0.4, 0.5) is 5.82 Å². The Balaban J connectivity index is 2.06.